The van der Waals surface area contributed by atoms with Crippen LogP contribution in [0.5, 0.6) is 11.5 Å². The third-order valence-corrected chi connectivity index (χ3v) is 4.10. The SMILES string of the molecule is C=C1Oc2cc(-c3nnc(-c4ccccc4OC)o3)ccc2N1S. The van der Waals surface area contributed by atoms with Gasteiger partial charge >= 0.3 is 0 Å². The Balaban J connectivity index is 1.71. The molecule has 0 atom stereocenters. The molecule has 4 rings (SSSR count). The van der Waals surface area contributed by atoms with E-state index in [-0.39, 0.29) is 0 Å². The highest BCUT2D eigenvalue weighted by Gasteiger charge is 2.24. The van der Waals surface area contributed by atoms with Crippen molar-refractivity contribution in [3.05, 3.63) is 54.9 Å². The monoisotopic (exact) mass is 339 g/mol. The first kappa shape index (κ1) is 14.6. The second-order valence-electron chi connectivity index (χ2n) is 5.10. The number of anilines is 1. The summed E-state index contributed by atoms with van der Waals surface area (Å²) in [6, 6.07) is 13.0. The number of hydrogen-bond acceptors (Lipinski definition) is 7. The molecule has 1 aliphatic heterocycles. The summed E-state index contributed by atoms with van der Waals surface area (Å²) in [5.74, 6) is 2.55. The Labute approximate surface area is 143 Å². The van der Waals surface area contributed by atoms with Crippen molar-refractivity contribution in [2.24, 2.45) is 0 Å². The maximum atomic E-state index is 5.80. The van der Waals surface area contributed by atoms with Crippen LogP contribution < -0.4 is 13.8 Å². The molecule has 0 spiro atoms. The molecule has 0 saturated heterocycles. The van der Waals surface area contributed by atoms with E-state index in [1.54, 1.807) is 11.4 Å². The molecule has 0 unspecified atom stereocenters. The number of fused-ring (bicyclic) bond motifs is 1. The van der Waals surface area contributed by atoms with E-state index in [1.807, 2.05) is 42.5 Å². The molecule has 24 heavy (non-hydrogen) atoms. The number of methoxy groups -OCH3 is 1. The summed E-state index contributed by atoms with van der Waals surface area (Å²) in [6.07, 6.45) is 0. The summed E-state index contributed by atoms with van der Waals surface area (Å²) in [7, 11) is 1.60. The number of ether oxygens (including phenoxy) is 2. The second kappa shape index (κ2) is 5.61. The number of rotatable bonds is 3. The van der Waals surface area contributed by atoms with Gasteiger partial charge in [0.1, 0.15) is 5.75 Å². The van der Waals surface area contributed by atoms with Crippen LogP contribution in [-0.2, 0) is 0 Å². The zero-order chi connectivity index (χ0) is 16.7. The van der Waals surface area contributed by atoms with E-state index in [1.165, 1.54) is 0 Å². The summed E-state index contributed by atoms with van der Waals surface area (Å²) >= 11 is 4.31. The molecular weight excluding hydrogens is 326 g/mol. The van der Waals surface area contributed by atoms with Crippen molar-refractivity contribution < 1.29 is 13.9 Å². The van der Waals surface area contributed by atoms with E-state index in [0.717, 1.165) is 16.8 Å². The lowest BCUT2D eigenvalue weighted by Gasteiger charge is -2.06. The Bertz CT molecular complexity index is 938. The van der Waals surface area contributed by atoms with Crippen LogP contribution in [0, 0.1) is 0 Å². The molecule has 3 aromatic rings. The highest BCUT2D eigenvalue weighted by molar-refractivity contribution is 7.82. The molecule has 0 saturated carbocycles. The number of nitrogens with zero attached hydrogens (tertiary/aromatic N) is 3. The summed E-state index contributed by atoms with van der Waals surface area (Å²) in [4.78, 5) is 0. The molecule has 0 N–H and O–H groups in total. The molecular formula is C17H13N3O3S. The first-order valence-electron chi connectivity index (χ1n) is 7.14. The molecule has 0 fully saturated rings. The number of hydrogen-bond donors (Lipinski definition) is 1. The number of aromatic nitrogens is 2. The summed E-state index contributed by atoms with van der Waals surface area (Å²) < 4.78 is 18.3. The van der Waals surface area contributed by atoms with Gasteiger partial charge in [-0.05, 0) is 36.9 Å². The predicted molar refractivity (Wildman–Crippen MR) is 93.0 cm³/mol. The fourth-order valence-electron chi connectivity index (χ4n) is 2.48. The first-order valence-corrected chi connectivity index (χ1v) is 7.54. The second-order valence-corrected chi connectivity index (χ2v) is 5.50. The van der Waals surface area contributed by atoms with E-state index in [0.29, 0.717) is 29.2 Å². The topological polar surface area (TPSA) is 60.6 Å². The first-order chi connectivity index (χ1) is 11.7. The lowest BCUT2D eigenvalue weighted by atomic mass is 10.2. The van der Waals surface area contributed by atoms with Crippen LogP contribution in [0.4, 0.5) is 5.69 Å². The normalized spacial score (nSPS) is 12.9. The largest absolute Gasteiger partial charge is 0.496 e. The Morgan fingerprint density at radius 3 is 2.75 bits per heavy atom. The standard InChI is InChI=1S/C17H13N3O3S/c1-10-20(24)13-8-7-11(9-15(13)22-10)16-18-19-17(23-16)12-5-3-4-6-14(12)21-2/h3-9,24H,1H2,2H3. The van der Waals surface area contributed by atoms with E-state index in [2.05, 4.69) is 29.6 Å². The van der Waals surface area contributed by atoms with E-state index in [9.17, 15) is 0 Å². The fourth-order valence-corrected chi connectivity index (χ4v) is 2.68. The van der Waals surface area contributed by atoms with Gasteiger partial charge < -0.3 is 13.9 Å². The van der Waals surface area contributed by atoms with Gasteiger partial charge in [-0.3, -0.25) is 4.31 Å². The van der Waals surface area contributed by atoms with Crippen LogP contribution in [0.15, 0.2) is 59.3 Å². The van der Waals surface area contributed by atoms with Gasteiger partial charge in [0.2, 0.25) is 11.8 Å². The van der Waals surface area contributed by atoms with Gasteiger partial charge in [-0.1, -0.05) is 24.9 Å². The van der Waals surface area contributed by atoms with Crippen molar-refractivity contribution in [2.45, 2.75) is 0 Å². The van der Waals surface area contributed by atoms with Crippen molar-refractivity contribution in [1.29, 1.82) is 0 Å². The molecule has 1 aromatic heterocycles. The molecule has 120 valence electrons. The highest BCUT2D eigenvalue weighted by Crippen LogP contribution is 2.42. The van der Waals surface area contributed by atoms with Crippen LogP contribution in [0.2, 0.25) is 0 Å². The Morgan fingerprint density at radius 1 is 1.12 bits per heavy atom. The smallest absolute Gasteiger partial charge is 0.251 e. The lowest BCUT2D eigenvalue weighted by molar-refractivity contribution is 0.414. The molecule has 2 aromatic carbocycles. The van der Waals surface area contributed by atoms with Crippen LogP contribution in [0.3, 0.4) is 0 Å². The summed E-state index contributed by atoms with van der Waals surface area (Å²) in [5.41, 5.74) is 2.31. The van der Waals surface area contributed by atoms with Crippen LogP contribution in [-0.4, -0.2) is 17.3 Å². The van der Waals surface area contributed by atoms with Gasteiger partial charge in [0.25, 0.3) is 5.89 Å². The number of benzene rings is 2. The number of para-hydroxylation sites is 1. The maximum Gasteiger partial charge on any atom is 0.251 e. The Morgan fingerprint density at radius 2 is 1.92 bits per heavy atom. The van der Waals surface area contributed by atoms with Crippen molar-refractivity contribution in [2.75, 3.05) is 11.4 Å². The van der Waals surface area contributed by atoms with Gasteiger partial charge in [-0.15, -0.1) is 10.2 Å². The minimum absolute atomic E-state index is 0.393. The van der Waals surface area contributed by atoms with Crippen LogP contribution in [0.25, 0.3) is 22.9 Å². The van der Waals surface area contributed by atoms with Gasteiger partial charge in [0.15, 0.2) is 5.75 Å². The molecule has 6 nitrogen and oxygen atoms in total. The quantitative estimate of drug-likeness (QED) is 0.730. The third kappa shape index (κ3) is 2.30. The molecule has 1 aliphatic rings. The van der Waals surface area contributed by atoms with Crippen LogP contribution >= 0.6 is 12.8 Å². The van der Waals surface area contributed by atoms with Gasteiger partial charge in [0.05, 0.1) is 18.4 Å². The third-order valence-electron chi connectivity index (χ3n) is 3.66. The molecule has 2 heterocycles. The molecule has 0 aliphatic carbocycles. The van der Waals surface area contributed by atoms with E-state index in [4.69, 9.17) is 13.9 Å². The Hall–Kier alpha value is -2.93. The number of thiol groups is 1. The molecule has 7 heteroatoms. The minimum Gasteiger partial charge on any atom is -0.496 e. The van der Waals surface area contributed by atoms with Crippen molar-refractivity contribution >= 4 is 18.5 Å². The van der Waals surface area contributed by atoms with E-state index < -0.39 is 0 Å². The average molecular weight is 339 g/mol. The zero-order valence-corrected chi connectivity index (χ0v) is 13.7. The van der Waals surface area contributed by atoms with Crippen molar-refractivity contribution in [3.63, 3.8) is 0 Å². The predicted octanol–water partition coefficient (Wildman–Crippen LogP) is 3.93. The Kier molecular flexibility index (Phi) is 3.42. The van der Waals surface area contributed by atoms with Crippen LogP contribution in [0.1, 0.15) is 0 Å². The van der Waals surface area contributed by atoms with Crippen molar-refractivity contribution in [3.8, 4) is 34.4 Å². The maximum absolute atomic E-state index is 5.80. The average Bonchev–Trinajstić information content (AvgIpc) is 3.20. The van der Waals surface area contributed by atoms with Gasteiger partial charge in [0, 0.05) is 5.56 Å². The molecule has 0 bridgehead atoms. The fraction of sp³-hybridized carbons (Fsp3) is 0.0588. The molecule has 0 radical (unpaired) electrons. The summed E-state index contributed by atoms with van der Waals surface area (Å²) in [5, 5.41) is 8.23. The zero-order valence-electron chi connectivity index (χ0n) is 12.8. The molecule has 0 amide bonds. The van der Waals surface area contributed by atoms with Gasteiger partial charge in [-0.25, -0.2) is 0 Å². The minimum atomic E-state index is 0.393. The van der Waals surface area contributed by atoms with Gasteiger partial charge in [-0.2, -0.15) is 0 Å². The van der Waals surface area contributed by atoms with E-state index >= 15 is 0 Å². The summed E-state index contributed by atoms with van der Waals surface area (Å²) in [6.45, 7) is 3.78. The van der Waals surface area contributed by atoms with Crippen molar-refractivity contribution in [1.82, 2.24) is 10.2 Å². The highest BCUT2D eigenvalue weighted by atomic mass is 32.1. The lowest BCUT2D eigenvalue weighted by Crippen LogP contribution is -2.03.